The molecule has 0 spiro atoms. The van der Waals surface area contributed by atoms with Crippen LogP contribution in [0.3, 0.4) is 0 Å². The highest BCUT2D eigenvalue weighted by Gasteiger charge is 2.32. The average Bonchev–Trinajstić information content (AvgIpc) is 3.24. The van der Waals surface area contributed by atoms with E-state index in [9.17, 15) is 19.8 Å². The molecule has 4 aromatic rings. The number of hydrogen-bond acceptors (Lipinski definition) is 7. The van der Waals surface area contributed by atoms with Crippen molar-refractivity contribution in [3.8, 4) is 0 Å². The van der Waals surface area contributed by atoms with Crippen molar-refractivity contribution in [3.63, 3.8) is 0 Å². The Hall–Kier alpha value is -3.98. The van der Waals surface area contributed by atoms with Crippen LogP contribution in [0.2, 0.25) is 0 Å². The van der Waals surface area contributed by atoms with E-state index in [0.717, 1.165) is 77.5 Å². The third-order valence-electron chi connectivity index (χ3n) is 10.4. The third kappa shape index (κ3) is 13.0. The fraction of sp³-hybridized carbons (Fsp3) is 0.458. The molecule has 7 heteroatoms. The van der Waals surface area contributed by atoms with Gasteiger partial charge < -0.3 is 24.7 Å². The molecule has 4 atom stereocenters. The predicted octanol–water partition coefficient (Wildman–Crippen LogP) is 10.1. The monoisotopic (exact) mass is 748 g/mol. The molecule has 0 aliphatic carbocycles. The van der Waals surface area contributed by atoms with Crippen LogP contribution in [0.4, 0.5) is 0 Å². The summed E-state index contributed by atoms with van der Waals surface area (Å²) < 4.78 is 7.41. The van der Waals surface area contributed by atoms with Crippen molar-refractivity contribution in [2.24, 2.45) is 0 Å². The summed E-state index contributed by atoms with van der Waals surface area (Å²) in [4.78, 5) is 33.3. The van der Waals surface area contributed by atoms with Crippen molar-refractivity contribution < 1.29 is 24.5 Å². The number of hydrogen-bond donors (Lipinski definition) is 2. The highest BCUT2D eigenvalue weighted by atomic mass is 16.5. The van der Waals surface area contributed by atoms with E-state index in [-0.39, 0.29) is 11.6 Å². The zero-order valence-electron chi connectivity index (χ0n) is 33.6. The minimum absolute atomic E-state index is 0.380. The minimum Gasteiger partial charge on any atom is -0.380 e. The van der Waals surface area contributed by atoms with Gasteiger partial charge in [-0.25, -0.2) is 0 Å². The second-order valence-corrected chi connectivity index (χ2v) is 14.7. The van der Waals surface area contributed by atoms with Crippen LogP contribution >= 0.6 is 0 Å². The number of Topliss-reactive ketones (excluding diaryl/α,β-unsaturated/α-hetero) is 2. The van der Waals surface area contributed by atoms with Gasteiger partial charge in [0.25, 0.3) is 0 Å². The van der Waals surface area contributed by atoms with Gasteiger partial charge in [0.05, 0.1) is 12.2 Å². The Kier molecular flexibility index (Phi) is 19.0. The first kappa shape index (κ1) is 43.7. The lowest BCUT2D eigenvalue weighted by Crippen LogP contribution is -2.36. The molecule has 4 aromatic carbocycles. The molecular formula is C48H64N2O5. The molecule has 0 saturated heterocycles. The molecule has 0 heterocycles. The van der Waals surface area contributed by atoms with Crippen LogP contribution in [0.5, 0.6) is 0 Å². The molecule has 0 radical (unpaired) electrons. The van der Waals surface area contributed by atoms with Crippen molar-refractivity contribution in [3.05, 3.63) is 143 Å². The van der Waals surface area contributed by atoms with Crippen molar-refractivity contribution in [1.29, 1.82) is 0 Å². The van der Waals surface area contributed by atoms with Crippen molar-refractivity contribution in [2.45, 2.75) is 103 Å². The topological polar surface area (TPSA) is 90.3 Å². The summed E-state index contributed by atoms with van der Waals surface area (Å²) >= 11 is 0. The van der Waals surface area contributed by atoms with E-state index in [2.05, 4.69) is 37.5 Å². The van der Waals surface area contributed by atoms with E-state index in [1.807, 2.05) is 72.8 Å². The van der Waals surface area contributed by atoms with Gasteiger partial charge in [0.15, 0.2) is 11.6 Å². The molecule has 0 amide bonds. The Morgan fingerprint density at radius 3 is 1.13 bits per heavy atom. The quantitative estimate of drug-likeness (QED) is 0.0618. The van der Waals surface area contributed by atoms with Crippen molar-refractivity contribution >= 4 is 11.6 Å². The molecule has 55 heavy (non-hydrogen) atoms. The van der Waals surface area contributed by atoms with Crippen molar-refractivity contribution in [1.82, 2.24) is 9.80 Å². The summed E-state index contributed by atoms with van der Waals surface area (Å²) in [5.74, 6) is -0.760. The molecule has 0 aliphatic heterocycles. The Morgan fingerprint density at radius 1 is 0.491 bits per heavy atom. The van der Waals surface area contributed by atoms with Gasteiger partial charge in [-0.15, -0.1) is 0 Å². The summed E-state index contributed by atoms with van der Waals surface area (Å²) in [5, 5.41) is 22.8. The highest BCUT2D eigenvalue weighted by Crippen LogP contribution is 2.35. The van der Waals surface area contributed by atoms with Crippen LogP contribution in [0.1, 0.15) is 146 Å². The second kappa shape index (κ2) is 23.8. The molecule has 0 fully saturated rings. The van der Waals surface area contributed by atoms with E-state index in [1.54, 1.807) is 36.4 Å². The number of rotatable bonds is 26. The van der Waals surface area contributed by atoms with Crippen LogP contribution in [-0.4, -0.2) is 70.8 Å². The lowest BCUT2D eigenvalue weighted by molar-refractivity contribution is -0.0481. The third-order valence-corrected chi connectivity index (χ3v) is 10.4. The zero-order valence-corrected chi connectivity index (χ0v) is 33.6. The van der Waals surface area contributed by atoms with E-state index >= 15 is 0 Å². The molecular weight excluding hydrogens is 685 g/mol. The van der Waals surface area contributed by atoms with Crippen LogP contribution in [-0.2, 0) is 4.74 Å². The first-order valence-electron chi connectivity index (χ1n) is 20.6. The normalized spacial score (nSPS) is 13.8. The predicted molar refractivity (Wildman–Crippen MR) is 223 cm³/mol. The fourth-order valence-electron chi connectivity index (χ4n) is 7.08. The maximum atomic E-state index is 14.2. The largest absolute Gasteiger partial charge is 0.380 e. The molecule has 0 saturated carbocycles. The lowest BCUT2D eigenvalue weighted by atomic mass is 9.92. The molecule has 0 aromatic heterocycles. The summed E-state index contributed by atoms with van der Waals surface area (Å²) in [6.07, 6.45) is 4.55. The first-order valence-corrected chi connectivity index (χ1v) is 20.6. The lowest BCUT2D eigenvalue weighted by Gasteiger charge is -2.35. The number of benzene rings is 4. The SMILES string of the molecule is CCCCN(CCCC)CC(OC(CN(CCCC)CCCC)c1ccccc1C(=O)C(O)c1ccccc1)c1ccccc1C(=O)C(O)c1ccccc1. The number of aliphatic hydroxyl groups is 2. The van der Waals surface area contributed by atoms with Gasteiger partial charge in [-0.05, 0) is 74.1 Å². The maximum Gasteiger partial charge on any atom is 0.196 e. The fourth-order valence-corrected chi connectivity index (χ4v) is 7.08. The van der Waals surface area contributed by atoms with Crippen LogP contribution in [0.25, 0.3) is 0 Å². The molecule has 2 N–H and O–H groups in total. The number of nitrogens with zero attached hydrogens (tertiary/aromatic N) is 2. The number of unbranched alkanes of at least 4 members (excludes halogenated alkanes) is 4. The van der Waals surface area contributed by atoms with Crippen LogP contribution in [0.15, 0.2) is 109 Å². The van der Waals surface area contributed by atoms with E-state index < -0.39 is 24.4 Å². The number of carbonyl (C=O) groups is 2. The Balaban J connectivity index is 1.86. The first-order chi connectivity index (χ1) is 26.8. The summed E-state index contributed by atoms with van der Waals surface area (Å²) in [6, 6.07) is 33.1. The number of ether oxygens (including phenoxy) is 1. The Morgan fingerprint density at radius 2 is 0.800 bits per heavy atom. The average molecular weight is 749 g/mol. The van der Waals surface area contributed by atoms with Gasteiger partial charge in [-0.3, -0.25) is 9.59 Å². The number of carbonyl (C=O) groups excluding carboxylic acids is 2. The molecule has 4 unspecified atom stereocenters. The van der Waals surface area contributed by atoms with E-state index in [1.165, 1.54) is 0 Å². The molecule has 0 bridgehead atoms. The molecule has 296 valence electrons. The maximum absolute atomic E-state index is 14.2. The summed E-state index contributed by atoms with van der Waals surface area (Å²) in [7, 11) is 0. The number of aliphatic hydroxyl groups excluding tert-OH is 2. The molecule has 4 rings (SSSR count). The van der Waals surface area contributed by atoms with Crippen molar-refractivity contribution in [2.75, 3.05) is 39.3 Å². The van der Waals surface area contributed by atoms with Gasteiger partial charge in [-0.1, -0.05) is 163 Å². The van der Waals surface area contributed by atoms with Crippen LogP contribution in [0, 0.1) is 0 Å². The minimum atomic E-state index is -1.33. The zero-order chi connectivity index (χ0) is 39.4. The smallest absolute Gasteiger partial charge is 0.196 e. The van der Waals surface area contributed by atoms with Gasteiger partial charge in [0.1, 0.15) is 12.2 Å². The van der Waals surface area contributed by atoms with Crippen LogP contribution < -0.4 is 0 Å². The Bertz CT molecular complexity index is 1560. The number of ketones is 2. The standard InChI is InChI=1S/C48H64N2O5/c1-5-9-31-49(32-10-6-2)35-43(39-27-19-21-29-41(39)47(53)45(51)37-23-15-13-16-24-37)55-44(36-50(33-11-7-3)34-12-8-4)40-28-20-22-30-42(40)48(54)46(52)38-25-17-14-18-26-38/h13-30,43-46,51-52H,5-12,31-36H2,1-4H3. The molecule has 7 nitrogen and oxygen atoms in total. The van der Waals surface area contributed by atoms with Gasteiger partial charge in [-0.2, -0.15) is 0 Å². The Labute approximate surface area is 330 Å². The van der Waals surface area contributed by atoms with Gasteiger partial charge in [0.2, 0.25) is 0 Å². The molecule has 0 aliphatic rings. The van der Waals surface area contributed by atoms with E-state index in [4.69, 9.17) is 4.74 Å². The highest BCUT2D eigenvalue weighted by molar-refractivity contribution is 6.02. The summed E-state index contributed by atoms with van der Waals surface area (Å²) in [5.41, 5.74) is 3.35. The van der Waals surface area contributed by atoms with Gasteiger partial charge >= 0.3 is 0 Å². The van der Waals surface area contributed by atoms with E-state index in [0.29, 0.717) is 46.5 Å². The van der Waals surface area contributed by atoms with Gasteiger partial charge in [0, 0.05) is 24.2 Å². The summed E-state index contributed by atoms with van der Waals surface area (Å²) in [6.45, 7) is 13.4. The second-order valence-electron chi connectivity index (χ2n) is 14.7.